The third-order valence-electron chi connectivity index (χ3n) is 2.78. The van der Waals surface area contributed by atoms with Crippen LogP contribution >= 0.6 is 0 Å². The van der Waals surface area contributed by atoms with Crippen molar-refractivity contribution in [2.24, 2.45) is 0 Å². The van der Waals surface area contributed by atoms with Gasteiger partial charge in [0.15, 0.2) is 0 Å². The van der Waals surface area contributed by atoms with Crippen molar-refractivity contribution in [2.75, 3.05) is 26.8 Å². The van der Waals surface area contributed by atoms with Gasteiger partial charge in [-0.15, -0.1) is 0 Å². The number of hydrogen-bond donors (Lipinski definition) is 1. The van der Waals surface area contributed by atoms with Crippen molar-refractivity contribution in [3.05, 3.63) is 0 Å². The lowest BCUT2D eigenvalue weighted by Gasteiger charge is -2.31. The van der Waals surface area contributed by atoms with E-state index in [0.29, 0.717) is 0 Å². The molecule has 1 heterocycles. The molecular weight excluding hydrogens is 192 g/mol. The van der Waals surface area contributed by atoms with Crippen molar-refractivity contribution in [3.8, 4) is 0 Å². The van der Waals surface area contributed by atoms with E-state index < -0.39 is 0 Å². The minimum Gasteiger partial charge on any atom is -0.375 e. The fraction of sp³-hybridized carbons (Fsp3) is 0.909. The third-order valence-corrected chi connectivity index (χ3v) is 2.78. The molecule has 0 saturated carbocycles. The predicted octanol–water partition coefficient (Wildman–Crippen LogP) is 0.622. The lowest BCUT2D eigenvalue weighted by Crippen LogP contribution is -2.43. The van der Waals surface area contributed by atoms with Gasteiger partial charge in [0.05, 0.1) is 0 Å². The second-order valence-electron chi connectivity index (χ2n) is 5.10. The Hall–Kier alpha value is -0.610. The number of methoxy groups -OCH3 is 1. The van der Waals surface area contributed by atoms with Gasteiger partial charge in [-0.05, 0) is 27.2 Å². The molecule has 4 nitrogen and oxygen atoms in total. The maximum Gasteiger partial charge on any atom is 0.246 e. The van der Waals surface area contributed by atoms with Gasteiger partial charge in [0.1, 0.15) is 6.61 Å². The van der Waals surface area contributed by atoms with E-state index in [1.165, 1.54) is 7.11 Å². The molecule has 1 atom stereocenters. The van der Waals surface area contributed by atoms with Gasteiger partial charge < -0.3 is 10.1 Å². The maximum absolute atomic E-state index is 11.3. The molecule has 1 amide bonds. The summed E-state index contributed by atoms with van der Waals surface area (Å²) in [5.41, 5.74) is 0.195. The molecule has 0 aromatic carbocycles. The maximum atomic E-state index is 11.3. The zero-order valence-corrected chi connectivity index (χ0v) is 10.2. The van der Waals surface area contributed by atoms with Crippen LogP contribution in [0.1, 0.15) is 27.2 Å². The Morgan fingerprint density at radius 3 is 2.67 bits per heavy atom. The lowest BCUT2D eigenvalue weighted by atomic mass is 10.1. The molecule has 1 aliphatic heterocycles. The number of amides is 1. The van der Waals surface area contributed by atoms with E-state index in [4.69, 9.17) is 4.74 Å². The van der Waals surface area contributed by atoms with Crippen LogP contribution in [0.3, 0.4) is 0 Å². The molecule has 0 bridgehead atoms. The van der Waals surface area contributed by atoms with E-state index in [-0.39, 0.29) is 24.1 Å². The summed E-state index contributed by atoms with van der Waals surface area (Å²) < 4.78 is 4.78. The molecule has 0 spiro atoms. The van der Waals surface area contributed by atoms with Gasteiger partial charge in [-0.25, -0.2) is 0 Å². The Morgan fingerprint density at radius 1 is 1.53 bits per heavy atom. The first-order chi connectivity index (χ1) is 6.93. The zero-order chi connectivity index (χ0) is 11.5. The largest absolute Gasteiger partial charge is 0.375 e. The Bertz CT molecular complexity index is 223. The van der Waals surface area contributed by atoms with E-state index in [9.17, 15) is 4.79 Å². The molecule has 15 heavy (non-hydrogen) atoms. The van der Waals surface area contributed by atoms with Gasteiger partial charge in [0.25, 0.3) is 0 Å². The predicted molar refractivity (Wildman–Crippen MR) is 59.7 cm³/mol. The van der Waals surface area contributed by atoms with Crippen LogP contribution in [0.15, 0.2) is 0 Å². The Labute approximate surface area is 92.0 Å². The average molecular weight is 214 g/mol. The van der Waals surface area contributed by atoms with Crippen molar-refractivity contribution < 1.29 is 9.53 Å². The molecule has 0 aromatic rings. The highest BCUT2D eigenvalue weighted by atomic mass is 16.5. The van der Waals surface area contributed by atoms with E-state index in [0.717, 1.165) is 19.5 Å². The Morgan fingerprint density at radius 2 is 2.20 bits per heavy atom. The molecule has 1 rings (SSSR count). The van der Waals surface area contributed by atoms with Gasteiger partial charge in [-0.3, -0.25) is 9.69 Å². The molecular formula is C11H22N2O2. The fourth-order valence-corrected chi connectivity index (χ4v) is 1.89. The quantitative estimate of drug-likeness (QED) is 0.749. The summed E-state index contributed by atoms with van der Waals surface area (Å²) in [7, 11) is 1.54. The SMILES string of the molecule is COCC(=O)N[C@@H]1CCN(C(C)(C)C)C1. The molecule has 1 saturated heterocycles. The number of nitrogens with one attached hydrogen (secondary N) is 1. The van der Waals surface area contributed by atoms with Gasteiger partial charge in [-0.1, -0.05) is 0 Å². The number of rotatable bonds is 3. The van der Waals surface area contributed by atoms with Crippen molar-refractivity contribution >= 4 is 5.91 Å². The molecule has 0 radical (unpaired) electrons. The smallest absolute Gasteiger partial charge is 0.246 e. The van der Waals surface area contributed by atoms with Gasteiger partial charge in [0, 0.05) is 31.8 Å². The number of carbonyl (C=O) groups excluding carboxylic acids is 1. The summed E-state index contributed by atoms with van der Waals surface area (Å²) in [6.07, 6.45) is 1.03. The second kappa shape index (κ2) is 4.94. The van der Waals surface area contributed by atoms with E-state index in [1.54, 1.807) is 0 Å². The van der Waals surface area contributed by atoms with Crippen LogP contribution in [-0.2, 0) is 9.53 Å². The minimum absolute atomic E-state index is 0.0155. The van der Waals surface area contributed by atoms with Crippen molar-refractivity contribution in [1.29, 1.82) is 0 Å². The van der Waals surface area contributed by atoms with Gasteiger partial charge in [0.2, 0.25) is 5.91 Å². The van der Waals surface area contributed by atoms with Crippen molar-refractivity contribution in [3.63, 3.8) is 0 Å². The lowest BCUT2D eigenvalue weighted by molar-refractivity contribution is -0.125. The number of ether oxygens (including phenoxy) is 1. The van der Waals surface area contributed by atoms with Crippen LogP contribution in [0.2, 0.25) is 0 Å². The second-order valence-corrected chi connectivity index (χ2v) is 5.10. The Balaban J connectivity index is 2.34. The van der Waals surface area contributed by atoms with Gasteiger partial charge in [-0.2, -0.15) is 0 Å². The first-order valence-electron chi connectivity index (χ1n) is 5.47. The number of nitrogens with zero attached hydrogens (tertiary/aromatic N) is 1. The molecule has 1 fully saturated rings. The highest BCUT2D eigenvalue weighted by molar-refractivity contribution is 5.77. The van der Waals surface area contributed by atoms with E-state index in [1.807, 2.05) is 0 Å². The number of hydrogen-bond acceptors (Lipinski definition) is 3. The standard InChI is InChI=1S/C11H22N2O2/c1-11(2,3)13-6-5-9(7-13)12-10(14)8-15-4/h9H,5-8H2,1-4H3,(H,12,14)/t9-/m1/s1. The number of carbonyl (C=O) groups is 1. The average Bonchev–Trinajstić information content (AvgIpc) is 2.52. The molecule has 4 heteroatoms. The van der Waals surface area contributed by atoms with Crippen LogP contribution < -0.4 is 5.32 Å². The molecule has 0 aromatic heterocycles. The van der Waals surface area contributed by atoms with Crippen molar-refractivity contribution in [1.82, 2.24) is 10.2 Å². The van der Waals surface area contributed by atoms with Crippen LogP contribution in [-0.4, -0.2) is 49.2 Å². The molecule has 0 aliphatic carbocycles. The molecule has 1 aliphatic rings. The van der Waals surface area contributed by atoms with E-state index >= 15 is 0 Å². The Kier molecular flexibility index (Phi) is 4.11. The first-order valence-corrected chi connectivity index (χ1v) is 5.47. The van der Waals surface area contributed by atoms with Crippen LogP contribution in [0.5, 0.6) is 0 Å². The summed E-state index contributed by atoms with van der Waals surface area (Å²) in [6.45, 7) is 8.76. The number of likely N-dealkylation sites (tertiary alicyclic amines) is 1. The monoisotopic (exact) mass is 214 g/mol. The van der Waals surface area contributed by atoms with Gasteiger partial charge >= 0.3 is 0 Å². The van der Waals surface area contributed by atoms with Crippen LogP contribution in [0.4, 0.5) is 0 Å². The highest BCUT2D eigenvalue weighted by Gasteiger charge is 2.30. The summed E-state index contributed by atoms with van der Waals surface area (Å²) in [6, 6.07) is 0.284. The van der Waals surface area contributed by atoms with Crippen LogP contribution in [0.25, 0.3) is 0 Å². The van der Waals surface area contributed by atoms with Crippen molar-refractivity contribution in [2.45, 2.75) is 38.8 Å². The van der Waals surface area contributed by atoms with E-state index in [2.05, 4.69) is 31.0 Å². The third kappa shape index (κ3) is 3.80. The van der Waals surface area contributed by atoms with Crippen LogP contribution in [0, 0.1) is 0 Å². The normalized spacial score (nSPS) is 23.1. The molecule has 88 valence electrons. The molecule has 0 unspecified atom stereocenters. The highest BCUT2D eigenvalue weighted by Crippen LogP contribution is 2.20. The summed E-state index contributed by atoms with van der Waals surface area (Å²) in [5.74, 6) is -0.0155. The zero-order valence-electron chi connectivity index (χ0n) is 10.2. The summed E-state index contributed by atoms with van der Waals surface area (Å²) in [4.78, 5) is 13.7. The first kappa shape index (κ1) is 12.5. The topological polar surface area (TPSA) is 41.6 Å². The summed E-state index contributed by atoms with van der Waals surface area (Å²) >= 11 is 0. The summed E-state index contributed by atoms with van der Waals surface area (Å²) in [5, 5.41) is 2.98. The minimum atomic E-state index is -0.0155. The fourth-order valence-electron chi connectivity index (χ4n) is 1.89. The molecule has 1 N–H and O–H groups in total.